The number of para-hydroxylation sites is 1. The first-order chi connectivity index (χ1) is 7.93. The molecule has 0 saturated carbocycles. The molecule has 0 aliphatic heterocycles. The zero-order valence-corrected chi connectivity index (χ0v) is 9.35. The van der Waals surface area contributed by atoms with Crippen molar-refractivity contribution in [1.29, 1.82) is 0 Å². The Bertz CT molecular complexity index is 563. The van der Waals surface area contributed by atoms with E-state index < -0.39 is 11.7 Å². The molecular formula is C12H11F3NO+. The van der Waals surface area contributed by atoms with Crippen LogP contribution in [0.1, 0.15) is 11.3 Å². The summed E-state index contributed by atoms with van der Waals surface area (Å²) in [5.41, 5.74) is -0.0140. The smallest absolute Gasteiger partial charge is 0.422 e. The van der Waals surface area contributed by atoms with Gasteiger partial charge in [0.05, 0.1) is 12.5 Å². The molecule has 0 radical (unpaired) electrons. The minimum absolute atomic E-state index is 0.0526. The fraction of sp³-hybridized carbons (Fsp3) is 0.250. The molecule has 0 aliphatic rings. The molecule has 1 N–H and O–H groups in total. The van der Waals surface area contributed by atoms with Crippen LogP contribution in [0.25, 0.3) is 10.9 Å². The van der Waals surface area contributed by atoms with Gasteiger partial charge in [-0.05, 0) is 12.1 Å². The van der Waals surface area contributed by atoms with Crippen LogP contribution in [0, 0.1) is 6.92 Å². The maximum atomic E-state index is 12.8. The zero-order chi connectivity index (χ0) is 12.6. The van der Waals surface area contributed by atoms with Crippen LogP contribution in [0.5, 0.6) is 5.75 Å². The number of methoxy groups -OCH3 is 1. The summed E-state index contributed by atoms with van der Waals surface area (Å²) < 4.78 is 43.6. The van der Waals surface area contributed by atoms with Crippen LogP contribution in [0.15, 0.2) is 24.3 Å². The highest BCUT2D eigenvalue weighted by atomic mass is 19.4. The van der Waals surface area contributed by atoms with Crippen LogP contribution in [0.4, 0.5) is 13.2 Å². The molecule has 0 unspecified atom stereocenters. The highest BCUT2D eigenvalue weighted by Crippen LogP contribution is 2.35. The van der Waals surface area contributed by atoms with Gasteiger partial charge in [-0.15, -0.1) is 0 Å². The Labute approximate surface area is 96.0 Å². The largest absolute Gasteiger partial charge is 0.496 e. The number of rotatable bonds is 1. The van der Waals surface area contributed by atoms with Crippen molar-refractivity contribution in [2.24, 2.45) is 0 Å². The van der Waals surface area contributed by atoms with E-state index in [-0.39, 0.29) is 5.52 Å². The van der Waals surface area contributed by atoms with E-state index in [1.54, 1.807) is 19.1 Å². The number of hydrogen-bond donors (Lipinski definition) is 0. The van der Waals surface area contributed by atoms with Crippen molar-refractivity contribution < 1.29 is 22.9 Å². The highest BCUT2D eigenvalue weighted by Gasteiger charge is 2.36. The Morgan fingerprint density at radius 3 is 2.53 bits per heavy atom. The highest BCUT2D eigenvalue weighted by molar-refractivity contribution is 5.85. The number of ether oxygens (including phenoxy) is 1. The summed E-state index contributed by atoms with van der Waals surface area (Å²) in [6, 6.07) is 5.69. The number of aromatic amines is 1. The molecule has 0 bridgehead atoms. The molecule has 0 amide bonds. The third-order valence-corrected chi connectivity index (χ3v) is 2.53. The molecule has 0 aliphatic carbocycles. The number of halogens is 3. The fourth-order valence-electron chi connectivity index (χ4n) is 1.81. The topological polar surface area (TPSA) is 23.4 Å². The van der Waals surface area contributed by atoms with Gasteiger partial charge in [0.15, 0.2) is 5.69 Å². The Hall–Kier alpha value is -1.78. The normalized spacial score (nSPS) is 11.8. The van der Waals surface area contributed by atoms with Crippen molar-refractivity contribution in [3.63, 3.8) is 0 Å². The number of aryl methyl sites for hydroxylation is 1. The second-order valence-electron chi connectivity index (χ2n) is 3.75. The van der Waals surface area contributed by atoms with Gasteiger partial charge in [0.25, 0.3) is 0 Å². The number of benzene rings is 1. The lowest BCUT2D eigenvalue weighted by molar-refractivity contribution is -0.357. The van der Waals surface area contributed by atoms with E-state index in [4.69, 9.17) is 4.74 Å². The quantitative estimate of drug-likeness (QED) is 0.754. The number of fused-ring (bicyclic) bond motifs is 1. The van der Waals surface area contributed by atoms with Crippen LogP contribution in [-0.4, -0.2) is 7.11 Å². The molecular weight excluding hydrogens is 231 g/mol. The summed E-state index contributed by atoms with van der Waals surface area (Å²) in [6.07, 6.45) is -4.38. The first kappa shape index (κ1) is 11.7. The first-order valence-electron chi connectivity index (χ1n) is 5.00. The number of hydrogen-bond acceptors (Lipinski definition) is 1. The van der Waals surface area contributed by atoms with Gasteiger partial charge in [-0.25, -0.2) is 4.98 Å². The monoisotopic (exact) mass is 242 g/mol. The van der Waals surface area contributed by atoms with Gasteiger partial charge >= 0.3 is 6.18 Å². The molecule has 90 valence electrons. The number of nitrogens with one attached hydrogen (secondary N) is 1. The first-order valence-corrected chi connectivity index (χ1v) is 5.00. The van der Waals surface area contributed by atoms with Crippen molar-refractivity contribution in [1.82, 2.24) is 0 Å². The van der Waals surface area contributed by atoms with Gasteiger partial charge in [-0.1, -0.05) is 6.07 Å². The van der Waals surface area contributed by atoms with Gasteiger partial charge in [-0.3, -0.25) is 0 Å². The molecule has 0 fully saturated rings. The molecule has 17 heavy (non-hydrogen) atoms. The fourth-order valence-corrected chi connectivity index (χ4v) is 1.81. The number of H-pyrrole nitrogens is 1. The molecule has 1 heterocycles. The summed E-state index contributed by atoms with van der Waals surface area (Å²) in [5.74, 6) is 0.433. The maximum absolute atomic E-state index is 12.8. The van der Waals surface area contributed by atoms with Crippen molar-refractivity contribution in [3.8, 4) is 5.75 Å². The van der Waals surface area contributed by atoms with Crippen LogP contribution < -0.4 is 9.72 Å². The molecule has 0 spiro atoms. The molecule has 2 aromatic rings. The van der Waals surface area contributed by atoms with Gasteiger partial charge in [0.1, 0.15) is 11.3 Å². The number of aromatic nitrogens is 1. The minimum Gasteiger partial charge on any atom is -0.496 e. The Balaban J connectivity index is 2.85. The molecule has 1 aromatic heterocycles. The van der Waals surface area contributed by atoms with E-state index >= 15 is 0 Å². The Morgan fingerprint density at radius 1 is 1.24 bits per heavy atom. The van der Waals surface area contributed by atoms with Crippen LogP contribution in [-0.2, 0) is 6.18 Å². The van der Waals surface area contributed by atoms with E-state index in [9.17, 15) is 13.2 Å². The van der Waals surface area contributed by atoms with Gasteiger partial charge < -0.3 is 4.74 Å². The summed E-state index contributed by atoms with van der Waals surface area (Å²) in [7, 11) is 1.44. The Kier molecular flexibility index (Phi) is 2.69. The second kappa shape index (κ2) is 3.91. The molecule has 2 rings (SSSR count). The lowest BCUT2D eigenvalue weighted by Crippen LogP contribution is -2.16. The van der Waals surface area contributed by atoms with Crippen molar-refractivity contribution in [2.75, 3.05) is 7.11 Å². The van der Waals surface area contributed by atoms with Crippen LogP contribution in [0.2, 0.25) is 0 Å². The minimum atomic E-state index is -4.38. The van der Waals surface area contributed by atoms with E-state index in [1.165, 1.54) is 13.2 Å². The van der Waals surface area contributed by atoms with Crippen LogP contribution in [0.3, 0.4) is 0 Å². The average Bonchev–Trinajstić information content (AvgIpc) is 2.25. The number of pyridine rings is 1. The van der Waals surface area contributed by atoms with Gasteiger partial charge in [-0.2, -0.15) is 13.2 Å². The summed E-state index contributed by atoms with van der Waals surface area (Å²) >= 11 is 0. The number of alkyl halides is 3. The van der Waals surface area contributed by atoms with Crippen molar-refractivity contribution >= 4 is 10.9 Å². The predicted octanol–water partition coefficient (Wildman–Crippen LogP) is 2.99. The molecule has 5 heteroatoms. The maximum Gasteiger partial charge on any atom is 0.422 e. The Morgan fingerprint density at radius 2 is 1.94 bits per heavy atom. The molecule has 0 saturated heterocycles. The van der Waals surface area contributed by atoms with Crippen molar-refractivity contribution in [2.45, 2.75) is 13.1 Å². The lowest BCUT2D eigenvalue weighted by Gasteiger charge is -2.08. The van der Waals surface area contributed by atoms with Crippen LogP contribution >= 0.6 is 0 Å². The van der Waals surface area contributed by atoms with E-state index in [2.05, 4.69) is 4.98 Å². The van der Waals surface area contributed by atoms with E-state index in [0.717, 1.165) is 6.07 Å². The SMILES string of the molecule is COc1cc(C)[nH+]c2c(C(F)(F)F)cccc12. The van der Waals surface area contributed by atoms with Gasteiger partial charge in [0, 0.05) is 13.0 Å². The zero-order valence-electron chi connectivity index (χ0n) is 9.35. The standard InChI is InChI=1S/C12H10F3NO/c1-7-6-10(17-2)8-4-3-5-9(11(8)16-7)12(13,14)15/h3-6H,1-2H3/p+1. The van der Waals surface area contributed by atoms with E-state index in [0.29, 0.717) is 16.8 Å². The summed E-state index contributed by atoms with van der Waals surface area (Å²) in [4.78, 5) is 2.74. The summed E-state index contributed by atoms with van der Waals surface area (Å²) in [6.45, 7) is 1.69. The third kappa shape index (κ3) is 2.05. The average molecular weight is 242 g/mol. The summed E-state index contributed by atoms with van der Waals surface area (Å²) in [5, 5.41) is 0.424. The predicted molar refractivity (Wildman–Crippen MR) is 56.8 cm³/mol. The lowest BCUT2D eigenvalue weighted by atomic mass is 10.1. The van der Waals surface area contributed by atoms with E-state index in [1.807, 2.05) is 0 Å². The van der Waals surface area contributed by atoms with Crippen molar-refractivity contribution in [3.05, 3.63) is 35.5 Å². The molecule has 1 aromatic carbocycles. The second-order valence-corrected chi connectivity index (χ2v) is 3.75. The molecule has 2 nitrogen and oxygen atoms in total. The molecule has 0 atom stereocenters. The third-order valence-electron chi connectivity index (χ3n) is 2.53. The van der Waals surface area contributed by atoms with Gasteiger partial charge in [0.2, 0.25) is 5.52 Å².